The molecule has 0 amide bonds. The van der Waals surface area contributed by atoms with Gasteiger partial charge >= 0.3 is 5.97 Å². The van der Waals surface area contributed by atoms with Gasteiger partial charge in [-0.2, -0.15) is 0 Å². The van der Waals surface area contributed by atoms with Crippen molar-refractivity contribution < 1.29 is 14.3 Å². The second-order valence-electron chi connectivity index (χ2n) is 4.97. The number of carbonyl (C=O) groups is 1. The zero-order chi connectivity index (χ0) is 13.2. The molecule has 1 rings (SSSR count). The van der Waals surface area contributed by atoms with E-state index in [0.29, 0.717) is 11.4 Å². The van der Waals surface area contributed by atoms with Crippen LogP contribution in [0.3, 0.4) is 0 Å². The molecular weight excluding hydrogens is 218 g/mol. The first-order valence-electron chi connectivity index (χ1n) is 5.50. The van der Waals surface area contributed by atoms with Crippen molar-refractivity contribution in [3.05, 3.63) is 22.9 Å². The SMILES string of the molecule is COc1nc(C)cc(C)c1C(=O)OC(C)(C)C. The molecule has 0 saturated heterocycles. The predicted molar refractivity (Wildman–Crippen MR) is 65.4 cm³/mol. The molecule has 4 heteroatoms. The van der Waals surface area contributed by atoms with E-state index in [1.165, 1.54) is 7.11 Å². The Labute approximate surface area is 102 Å². The number of aromatic nitrogens is 1. The van der Waals surface area contributed by atoms with E-state index in [-0.39, 0.29) is 0 Å². The third-order valence-corrected chi connectivity index (χ3v) is 2.11. The van der Waals surface area contributed by atoms with Crippen LogP contribution in [-0.2, 0) is 4.74 Å². The largest absolute Gasteiger partial charge is 0.480 e. The zero-order valence-electron chi connectivity index (χ0n) is 11.2. The third kappa shape index (κ3) is 3.44. The predicted octanol–water partition coefficient (Wildman–Crippen LogP) is 2.66. The monoisotopic (exact) mass is 237 g/mol. The molecule has 0 N–H and O–H groups in total. The van der Waals surface area contributed by atoms with Crippen LogP contribution in [0.4, 0.5) is 0 Å². The molecular formula is C13H19NO3. The molecule has 17 heavy (non-hydrogen) atoms. The van der Waals surface area contributed by atoms with E-state index in [1.807, 2.05) is 40.7 Å². The number of methoxy groups -OCH3 is 1. The molecule has 0 aliphatic rings. The van der Waals surface area contributed by atoms with Crippen molar-refractivity contribution in [2.24, 2.45) is 0 Å². The number of nitrogens with zero attached hydrogens (tertiary/aromatic N) is 1. The quantitative estimate of drug-likeness (QED) is 0.742. The number of hydrogen-bond donors (Lipinski definition) is 0. The molecule has 1 aromatic rings. The Balaban J connectivity index is 3.17. The minimum absolute atomic E-state index is 0.316. The highest BCUT2D eigenvalue weighted by molar-refractivity contribution is 5.93. The minimum atomic E-state index is -0.528. The Morgan fingerprint density at radius 2 is 1.88 bits per heavy atom. The summed E-state index contributed by atoms with van der Waals surface area (Å²) in [5, 5.41) is 0. The van der Waals surface area contributed by atoms with Crippen molar-refractivity contribution in [1.29, 1.82) is 0 Å². The molecule has 0 radical (unpaired) electrons. The number of carbonyl (C=O) groups excluding carboxylic acids is 1. The maximum atomic E-state index is 12.0. The van der Waals surface area contributed by atoms with Crippen LogP contribution in [0.2, 0.25) is 0 Å². The lowest BCUT2D eigenvalue weighted by Crippen LogP contribution is -2.25. The zero-order valence-corrected chi connectivity index (χ0v) is 11.2. The van der Waals surface area contributed by atoms with Gasteiger partial charge < -0.3 is 9.47 Å². The smallest absolute Gasteiger partial charge is 0.344 e. The molecule has 1 heterocycles. The van der Waals surface area contributed by atoms with Gasteiger partial charge in [0.15, 0.2) is 0 Å². The average molecular weight is 237 g/mol. The van der Waals surface area contributed by atoms with Gasteiger partial charge in [0.05, 0.1) is 7.11 Å². The summed E-state index contributed by atoms with van der Waals surface area (Å²) in [6.45, 7) is 9.18. The van der Waals surface area contributed by atoms with Crippen LogP contribution in [0.15, 0.2) is 6.07 Å². The molecule has 0 unspecified atom stereocenters. The van der Waals surface area contributed by atoms with E-state index in [9.17, 15) is 4.79 Å². The first-order valence-corrected chi connectivity index (χ1v) is 5.50. The lowest BCUT2D eigenvalue weighted by molar-refractivity contribution is 0.00649. The van der Waals surface area contributed by atoms with Crippen LogP contribution in [0.5, 0.6) is 5.88 Å². The van der Waals surface area contributed by atoms with Crippen LogP contribution in [0, 0.1) is 13.8 Å². The van der Waals surface area contributed by atoms with Crippen molar-refractivity contribution in [1.82, 2.24) is 4.98 Å². The van der Waals surface area contributed by atoms with Crippen molar-refractivity contribution in [2.75, 3.05) is 7.11 Å². The van der Waals surface area contributed by atoms with Gasteiger partial charge in [-0.15, -0.1) is 0 Å². The number of hydrogen-bond acceptors (Lipinski definition) is 4. The molecule has 94 valence electrons. The molecule has 0 aliphatic carbocycles. The first kappa shape index (κ1) is 13.5. The topological polar surface area (TPSA) is 48.4 Å². The van der Waals surface area contributed by atoms with Gasteiger partial charge in [-0.05, 0) is 46.2 Å². The highest BCUT2D eigenvalue weighted by atomic mass is 16.6. The lowest BCUT2D eigenvalue weighted by Gasteiger charge is -2.21. The van der Waals surface area contributed by atoms with Gasteiger partial charge in [-0.3, -0.25) is 0 Å². The van der Waals surface area contributed by atoms with E-state index < -0.39 is 11.6 Å². The first-order chi connectivity index (χ1) is 7.74. The second-order valence-corrected chi connectivity index (χ2v) is 4.97. The molecule has 1 aromatic heterocycles. The molecule has 0 aromatic carbocycles. The fraction of sp³-hybridized carbons (Fsp3) is 0.538. The van der Waals surface area contributed by atoms with Gasteiger partial charge in [-0.1, -0.05) is 0 Å². The number of esters is 1. The summed E-state index contributed by atoms with van der Waals surface area (Å²) >= 11 is 0. The minimum Gasteiger partial charge on any atom is -0.480 e. The van der Waals surface area contributed by atoms with E-state index in [4.69, 9.17) is 9.47 Å². The number of pyridine rings is 1. The fourth-order valence-electron chi connectivity index (χ4n) is 1.53. The van der Waals surface area contributed by atoms with Crippen molar-refractivity contribution in [3.8, 4) is 5.88 Å². The van der Waals surface area contributed by atoms with Crippen molar-refractivity contribution in [2.45, 2.75) is 40.2 Å². The number of aryl methyl sites for hydroxylation is 2. The Kier molecular flexibility index (Phi) is 3.76. The van der Waals surface area contributed by atoms with Crippen LogP contribution in [0.1, 0.15) is 42.4 Å². The Morgan fingerprint density at radius 3 is 2.35 bits per heavy atom. The van der Waals surface area contributed by atoms with Gasteiger partial charge in [0.25, 0.3) is 0 Å². The summed E-state index contributed by atoms with van der Waals surface area (Å²) in [4.78, 5) is 16.2. The molecule has 0 atom stereocenters. The summed E-state index contributed by atoms with van der Waals surface area (Å²) in [6, 6.07) is 1.84. The van der Waals surface area contributed by atoms with E-state index in [0.717, 1.165) is 11.3 Å². The maximum absolute atomic E-state index is 12.0. The highest BCUT2D eigenvalue weighted by Gasteiger charge is 2.23. The van der Waals surface area contributed by atoms with Crippen LogP contribution >= 0.6 is 0 Å². The summed E-state index contributed by atoms with van der Waals surface area (Å²) < 4.78 is 10.5. The summed E-state index contributed by atoms with van der Waals surface area (Å²) in [5.74, 6) is -0.0869. The molecule has 0 aliphatic heterocycles. The Hall–Kier alpha value is -1.58. The summed E-state index contributed by atoms with van der Waals surface area (Å²) in [7, 11) is 1.50. The molecule has 0 spiro atoms. The fourth-order valence-corrected chi connectivity index (χ4v) is 1.53. The Bertz CT molecular complexity index is 433. The molecule has 0 bridgehead atoms. The normalized spacial score (nSPS) is 11.2. The number of rotatable bonds is 2. The highest BCUT2D eigenvalue weighted by Crippen LogP contribution is 2.23. The van der Waals surface area contributed by atoms with Crippen LogP contribution in [0.25, 0.3) is 0 Å². The van der Waals surface area contributed by atoms with E-state index >= 15 is 0 Å². The van der Waals surface area contributed by atoms with Crippen molar-refractivity contribution in [3.63, 3.8) is 0 Å². The second kappa shape index (κ2) is 4.73. The maximum Gasteiger partial charge on any atom is 0.344 e. The molecule has 4 nitrogen and oxygen atoms in total. The van der Waals surface area contributed by atoms with Gasteiger partial charge in [0.2, 0.25) is 5.88 Å². The third-order valence-electron chi connectivity index (χ3n) is 2.11. The van der Waals surface area contributed by atoms with Gasteiger partial charge in [0, 0.05) is 5.69 Å². The van der Waals surface area contributed by atoms with E-state index in [2.05, 4.69) is 4.98 Å². The summed E-state index contributed by atoms with van der Waals surface area (Å²) in [6.07, 6.45) is 0. The van der Waals surface area contributed by atoms with Crippen LogP contribution < -0.4 is 4.74 Å². The van der Waals surface area contributed by atoms with Crippen molar-refractivity contribution >= 4 is 5.97 Å². The molecule has 0 saturated carbocycles. The summed E-state index contributed by atoms with van der Waals surface area (Å²) in [5.41, 5.74) is 1.49. The average Bonchev–Trinajstić information content (AvgIpc) is 2.12. The standard InChI is InChI=1S/C13H19NO3/c1-8-7-9(2)14-11(16-6)10(8)12(15)17-13(3,4)5/h7H,1-6H3. The molecule has 0 fully saturated rings. The van der Waals surface area contributed by atoms with Gasteiger partial charge in [-0.25, -0.2) is 9.78 Å². The Morgan fingerprint density at radius 1 is 1.29 bits per heavy atom. The lowest BCUT2D eigenvalue weighted by atomic mass is 10.1. The van der Waals surface area contributed by atoms with E-state index in [1.54, 1.807) is 0 Å². The van der Waals surface area contributed by atoms with Gasteiger partial charge in [0.1, 0.15) is 11.2 Å². The number of ether oxygens (including phenoxy) is 2. The van der Waals surface area contributed by atoms with Crippen LogP contribution in [-0.4, -0.2) is 23.7 Å².